The normalized spacial score (nSPS) is 15.2. The number of benzene rings is 2. The van der Waals surface area contributed by atoms with Gasteiger partial charge in [-0.25, -0.2) is 4.39 Å². The molecule has 4 nitrogen and oxygen atoms in total. The van der Waals surface area contributed by atoms with Crippen LogP contribution in [0.15, 0.2) is 54.6 Å². The number of nitrogens with zero attached hydrogens (tertiary/aromatic N) is 1. The van der Waals surface area contributed by atoms with Crippen molar-refractivity contribution in [3.63, 3.8) is 0 Å². The first-order valence-corrected chi connectivity index (χ1v) is 9.91. The molecule has 1 aliphatic rings. The van der Waals surface area contributed by atoms with Crippen LogP contribution >= 0.6 is 0 Å². The molecule has 1 N–H and O–H groups in total. The molecule has 0 aromatic heterocycles. The molecule has 1 saturated carbocycles. The number of nitrogens with one attached hydrogen (secondary N) is 1. The number of carbonyl (C=O) groups excluding carboxylic acids is 2. The highest BCUT2D eigenvalue weighted by molar-refractivity contribution is 5.92. The minimum absolute atomic E-state index is 0.0328. The largest absolute Gasteiger partial charge is 0.350 e. The van der Waals surface area contributed by atoms with E-state index in [1.165, 1.54) is 12.1 Å². The average molecular weight is 382 g/mol. The summed E-state index contributed by atoms with van der Waals surface area (Å²) in [6, 6.07) is 15.9. The lowest BCUT2D eigenvalue weighted by Gasteiger charge is -2.34. The first-order chi connectivity index (χ1) is 13.5. The predicted molar refractivity (Wildman–Crippen MR) is 107 cm³/mol. The SMILES string of the molecule is CCN(CC(=O)NCc1ccc(F)cc1)C(=O)C1(c2ccccc2)CCCC1. The molecule has 28 heavy (non-hydrogen) atoms. The Labute approximate surface area is 165 Å². The monoisotopic (exact) mass is 382 g/mol. The van der Waals surface area contributed by atoms with Crippen molar-refractivity contribution in [1.82, 2.24) is 10.2 Å². The van der Waals surface area contributed by atoms with Crippen LogP contribution < -0.4 is 5.32 Å². The van der Waals surface area contributed by atoms with E-state index in [9.17, 15) is 14.0 Å². The summed E-state index contributed by atoms with van der Waals surface area (Å²) in [5.41, 5.74) is 1.34. The highest BCUT2D eigenvalue weighted by atomic mass is 19.1. The van der Waals surface area contributed by atoms with Gasteiger partial charge in [0, 0.05) is 13.1 Å². The van der Waals surface area contributed by atoms with E-state index < -0.39 is 5.41 Å². The second kappa shape index (κ2) is 9.00. The number of rotatable bonds is 7. The standard InChI is InChI=1S/C23H27FN2O2/c1-2-26(17-21(27)25-16-18-10-12-20(24)13-11-18)22(28)23(14-6-7-15-23)19-8-4-3-5-9-19/h3-5,8-13H,2,6-7,14-17H2,1H3,(H,25,27). The van der Waals surface area contributed by atoms with Crippen LogP contribution in [0.4, 0.5) is 4.39 Å². The number of hydrogen-bond donors (Lipinski definition) is 1. The first-order valence-electron chi connectivity index (χ1n) is 9.91. The zero-order chi connectivity index (χ0) is 20.0. The Morgan fingerprint density at radius 3 is 2.29 bits per heavy atom. The van der Waals surface area contributed by atoms with Gasteiger partial charge in [-0.3, -0.25) is 9.59 Å². The maximum atomic E-state index is 13.5. The lowest BCUT2D eigenvalue weighted by molar-refractivity contribution is -0.140. The maximum Gasteiger partial charge on any atom is 0.239 e. The Bertz CT molecular complexity index is 799. The van der Waals surface area contributed by atoms with Crippen molar-refractivity contribution in [2.24, 2.45) is 0 Å². The van der Waals surface area contributed by atoms with Crippen molar-refractivity contribution in [3.05, 3.63) is 71.5 Å². The molecule has 1 fully saturated rings. The van der Waals surface area contributed by atoms with E-state index in [4.69, 9.17) is 0 Å². The van der Waals surface area contributed by atoms with E-state index in [1.54, 1.807) is 17.0 Å². The second-order valence-electron chi connectivity index (χ2n) is 7.38. The Morgan fingerprint density at radius 2 is 1.68 bits per heavy atom. The van der Waals surface area contributed by atoms with Gasteiger partial charge < -0.3 is 10.2 Å². The number of carbonyl (C=O) groups is 2. The predicted octanol–water partition coefficient (Wildman–Crippen LogP) is 3.80. The summed E-state index contributed by atoms with van der Waals surface area (Å²) in [5, 5.41) is 2.83. The molecule has 5 heteroatoms. The van der Waals surface area contributed by atoms with Crippen molar-refractivity contribution < 1.29 is 14.0 Å². The van der Waals surface area contributed by atoms with Crippen LogP contribution in [0, 0.1) is 5.82 Å². The van der Waals surface area contributed by atoms with Gasteiger partial charge in [0.1, 0.15) is 5.82 Å². The molecule has 2 aromatic carbocycles. The number of amides is 2. The van der Waals surface area contributed by atoms with Gasteiger partial charge in [0.15, 0.2) is 0 Å². The fourth-order valence-corrected chi connectivity index (χ4v) is 4.02. The molecule has 2 aromatic rings. The summed E-state index contributed by atoms with van der Waals surface area (Å²) in [6.07, 6.45) is 3.69. The molecule has 0 bridgehead atoms. The Morgan fingerprint density at radius 1 is 1.04 bits per heavy atom. The summed E-state index contributed by atoms with van der Waals surface area (Å²) in [4.78, 5) is 27.5. The molecule has 2 amide bonds. The zero-order valence-corrected chi connectivity index (χ0v) is 16.3. The van der Waals surface area contributed by atoms with E-state index in [1.807, 2.05) is 37.3 Å². The summed E-state index contributed by atoms with van der Waals surface area (Å²) >= 11 is 0. The van der Waals surface area contributed by atoms with Crippen molar-refractivity contribution in [3.8, 4) is 0 Å². The van der Waals surface area contributed by atoms with Crippen LogP contribution in [0.25, 0.3) is 0 Å². The van der Waals surface area contributed by atoms with Gasteiger partial charge in [-0.15, -0.1) is 0 Å². The van der Waals surface area contributed by atoms with E-state index in [2.05, 4.69) is 5.32 Å². The van der Waals surface area contributed by atoms with Gasteiger partial charge in [-0.2, -0.15) is 0 Å². The van der Waals surface area contributed by atoms with Crippen molar-refractivity contribution in [2.45, 2.75) is 44.6 Å². The smallest absolute Gasteiger partial charge is 0.239 e. The summed E-state index contributed by atoms with van der Waals surface area (Å²) < 4.78 is 13.0. The van der Waals surface area contributed by atoms with Gasteiger partial charge in [0.2, 0.25) is 11.8 Å². The van der Waals surface area contributed by atoms with Crippen molar-refractivity contribution in [2.75, 3.05) is 13.1 Å². The van der Waals surface area contributed by atoms with Crippen LogP contribution in [0.2, 0.25) is 0 Å². The lowest BCUT2D eigenvalue weighted by atomic mass is 9.77. The first kappa shape index (κ1) is 20.1. The van der Waals surface area contributed by atoms with E-state index >= 15 is 0 Å². The average Bonchev–Trinajstić information content (AvgIpc) is 3.23. The second-order valence-corrected chi connectivity index (χ2v) is 7.38. The van der Waals surface area contributed by atoms with Crippen LogP contribution in [0.3, 0.4) is 0 Å². The molecule has 148 valence electrons. The van der Waals surface area contributed by atoms with Crippen molar-refractivity contribution in [1.29, 1.82) is 0 Å². The zero-order valence-electron chi connectivity index (χ0n) is 16.3. The van der Waals surface area contributed by atoms with Crippen LogP contribution in [-0.2, 0) is 21.5 Å². The van der Waals surface area contributed by atoms with Gasteiger partial charge >= 0.3 is 0 Å². The molecule has 0 spiro atoms. The molecule has 0 heterocycles. The Hall–Kier alpha value is -2.69. The quantitative estimate of drug-likeness (QED) is 0.792. The molecule has 1 aliphatic carbocycles. The van der Waals surface area contributed by atoms with Gasteiger partial charge in [0.25, 0.3) is 0 Å². The third-order valence-corrected chi connectivity index (χ3v) is 5.60. The topological polar surface area (TPSA) is 49.4 Å². The van der Waals surface area contributed by atoms with Gasteiger partial charge in [-0.05, 0) is 43.0 Å². The van der Waals surface area contributed by atoms with Crippen LogP contribution in [0.1, 0.15) is 43.7 Å². The van der Waals surface area contributed by atoms with E-state index in [0.717, 1.165) is 36.8 Å². The molecule has 0 radical (unpaired) electrons. The minimum atomic E-state index is -0.519. The van der Waals surface area contributed by atoms with Crippen molar-refractivity contribution >= 4 is 11.8 Å². The van der Waals surface area contributed by atoms with Gasteiger partial charge in [-0.1, -0.05) is 55.3 Å². The highest BCUT2D eigenvalue weighted by Gasteiger charge is 2.44. The molecule has 3 rings (SSSR count). The molecule has 0 aliphatic heterocycles. The molecule has 0 saturated heterocycles. The van der Waals surface area contributed by atoms with Crippen LogP contribution in [-0.4, -0.2) is 29.8 Å². The summed E-state index contributed by atoms with van der Waals surface area (Å²) in [6.45, 7) is 2.73. The molecule has 0 unspecified atom stereocenters. The number of hydrogen-bond acceptors (Lipinski definition) is 2. The minimum Gasteiger partial charge on any atom is -0.350 e. The molecule has 0 atom stereocenters. The Kier molecular flexibility index (Phi) is 6.45. The van der Waals surface area contributed by atoms with Crippen LogP contribution in [0.5, 0.6) is 0 Å². The third-order valence-electron chi connectivity index (χ3n) is 5.60. The number of halogens is 1. The maximum absolute atomic E-state index is 13.5. The fraction of sp³-hybridized carbons (Fsp3) is 0.391. The highest BCUT2D eigenvalue weighted by Crippen LogP contribution is 2.42. The fourth-order valence-electron chi connectivity index (χ4n) is 4.02. The summed E-state index contributed by atoms with van der Waals surface area (Å²) in [7, 11) is 0. The third kappa shape index (κ3) is 4.41. The number of likely N-dealkylation sites (N-methyl/N-ethyl adjacent to an activating group) is 1. The van der Waals surface area contributed by atoms with E-state index in [-0.39, 0.29) is 24.2 Å². The lowest BCUT2D eigenvalue weighted by Crippen LogP contribution is -2.49. The Balaban J connectivity index is 1.66. The summed E-state index contributed by atoms with van der Waals surface area (Å²) in [5.74, 6) is -0.475. The molecular formula is C23H27FN2O2. The van der Waals surface area contributed by atoms with E-state index in [0.29, 0.717) is 13.1 Å². The van der Waals surface area contributed by atoms with Gasteiger partial charge in [0.05, 0.1) is 12.0 Å². The molecular weight excluding hydrogens is 355 g/mol.